The largest absolute Gasteiger partial charge is 0.379 e. The van der Waals surface area contributed by atoms with E-state index < -0.39 is 0 Å². The SMILES string of the molecule is O=C(CN1CCOCC1)N1CCCC1CCc1noc(C2CC2)n1. The van der Waals surface area contributed by atoms with E-state index in [1.165, 1.54) is 12.8 Å². The minimum absolute atomic E-state index is 0.256. The summed E-state index contributed by atoms with van der Waals surface area (Å²) in [5, 5.41) is 4.09. The number of carbonyl (C=O) groups excluding carboxylic acids is 1. The fourth-order valence-corrected chi connectivity index (χ4v) is 3.67. The second-order valence-electron chi connectivity index (χ2n) is 7.13. The van der Waals surface area contributed by atoms with Crippen LogP contribution in [0.25, 0.3) is 0 Å². The first-order valence-electron chi connectivity index (χ1n) is 9.21. The first kappa shape index (κ1) is 16.0. The Balaban J connectivity index is 1.27. The molecule has 7 nitrogen and oxygen atoms in total. The topological polar surface area (TPSA) is 71.7 Å². The first-order chi connectivity index (χ1) is 11.8. The number of aromatic nitrogens is 2. The Morgan fingerprint density at radius 1 is 1.17 bits per heavy atom. The number of ether oxygens (including phenoxy) is 1. The molecular weight excluding hydrogens is 308 g/mol. The Morgan fingerprint density at radius 3 is 2.79 bits per heavy atom. The predicted octanol–water partition coefficient (Wildman–Crippen LogP) is 1.20. The zero-order valence-electron chi connectivity index (χ0n) is 14.2. The summed E-state index contributed by atoms with van der Waals surface area (Å²) in [6.07, 6.45) is 6.25. The Morgan fingerprint density at radius 2 is 2.00 bits per heavy atom. The van der Waals surface area contributed by atoms with Crippen molar-refractivity contribution in [3.05, 3.63) is 11.7 Å². The van der Waals surface area contributed by atoms with Crippen LogP contribution in [0.1, 0.15) is 49.7 Å². The molecule has 0 aromatic carbocycles. The molecule has 2 saturated heterocycles. The highest BCUT2D eigenvalue weighted by Crippen LogP contribution is 2.38. The zero-order valence-corrected chi connectivity index (χ0v) is 14.2. The monoisotopic (exact) mass is 334 g/mol. The molecule has 1 aromatic rings. The van der Waals surface area contributed by atoms with Crippen LogP contribution in [-0.4, -0.2) is 71.3 Å². The maximum Gasteiger partial charge on any atom is 0.236 e. The highest BCUT2D eigenvalue weighted by atomic mass is 16.5. The highest BCUT2D eigenvalue weighted by Gasteiger charge is 2.31. The van der Waals surface area contributed by atoms with Crippen LogP contribution in [0.2, 0.25) is 0 Å². The average Bonchev–Trinajstić information content (AvgIpc) is 3.16. The minimum atomic E-state index is 0.256. The van der Waals surface area contributed by atoms with E-state index >= 15 is 0 Å². The van der Waals surface area contributed by atoms with Gasteiger partial charge in [0.15, 0.2) is 5.82 Å². The fourth-order valence-electron chi connectivity index (χ4n) is 3.67. The molecule has 24 heavy (non-hydrogen) atoms. The Kier molecular flexibility index (Phi) is 4.80. The zero-order chi connectivity index (χ0) is 16.4. The van der Waals surface area contributed by atoms with Gasteiger partial charge in [-0.25, -0.2) is 0 Å². The summed E-state index contributed by atoms with van der Waals surface area (Å²) in [5.41, 5.74) is 0. The Hall–Kier alpha value is -1.47. The molecule has 4 rings (SSSR count). The van der Waals surface area contributed by atoms with Crippen molar-refractivity contribution in [2.24, 2.45) is 0 Å². The van der Waals surface area contributed by atoms with Crippen LogP contribution in [0.15, 0.2) is 4.52 Å². The molecule has 1 unspecified atom stereocenters. The lowest BCUT2D eigenvalue weighted by molar-refractivity contribution is -0.134. The fraction of sp³-hybridized carbons (Fsp3) is 0.824. The second kappa shape index (κ2) is 7.19. The molecule has 3 fully saturated rings. The molecule has 2 aliphatic heterocycles. The molecule has 1 aliphatic carbocycles. The predicted molar refractivity (Wildman–Crippen MR) is 86.6 cm³/mol. The summed E-state index contributed by atoms with van der Waals surface area (Å²) in [5.74, 6) is 2.36. The van der Waals surface area contributed by atoms with Gasteiger partial charge in [-0.05, 0) is 32.1 Å². The van der Waals surface area contributed by atoms with Crippen molar-refractivity contribution in [1.82, 2.24) is 19.9 Å². The van der Waals surface area contributed by atoms with E-state index in [1.807, 2.05) is 0 Å². The normalized spacial score (nSPS) is 25.3. The van der Waals surface area contributed by atoms with E-state index in [0.29, 0.717) is 18.5 Å². The average molecular weight is 334 g/mol. The maximum atomic E-state index is 12.6. The molecule has 0 spiro atoms. The molecule has 1 aromatic heterocycles. The lowest BCUT2D eigenvalue weighted by Gasteiger charge is -2.30. The van der Waals surface area contributed by atoms with E-state index in [-0.39, 0.29) is 5.91 Å². The summed E-state index contributed by atoms with van der Waals surface area (Å²) in [4.78, 5) is 21.4. The van der Waals surface area contributed by atoms with Crippen molar-refractivity contribution in [1.29, 1.82) is 0 Å². The maximum absolute atomic E-state index is 12.6. The molecular formula is C17H26N4O3. The van der Waals surface area contributed by atoms with Gasteiger partial charge < -0.3 is 14.2 Å². The van der Waals surface area contributed by atoms with Gasteiger partial charge in [0, 0.05) is 38.0 Å². The van der Waals surface area contributed by atoms with Crippen molar-refractivity contribution in [3.8, 4) is 0 Å². The smallest absolute Gasteiger partial charge is 0.236 e. The Bertz CT molecular complexity index is 566. The first-order valence-corrected chi connectivity index (χ1v) is 9.21. The molecule has 0 bridgehead atoms. The highest BCUT2D eigenvalue weighted by molar-refractivity contribution is 5.78. The lowest BCUT2D eigenvalue weighted by atomic mass is 10.1. The number of amides is 1. The van der Waals surface area contributed by atoms with Gasteiger partial charge in [0.25, 0.3) is 0 Å². The van der Waals surface area contributed by atoms with Gasteiger partial charge in [0.2, 0.25) is 11.8 Å². The molecule has 7 heteroatoms. The third-order valence-corrected chi connectivity index (χ3v) is 5.27. The van der Waals surface area contributed by atoms with Crippen molar-refractivity contribution in [3.63, 3.8) is 0 Å². The van der Waals surface area contributed by atoms with Crippen molar-refractivity contribution in [2.75, 3.05) is 39.4 Å². The van der Waals surface area contributed by atoms with Crippen LogP contribution in [-0.2, 0) is 16.0 Å². The summed E-state index contributed by atoms with van der Waals surface area (Å²) < 4.78 is 10.7. The van der Waals surface area contributed by atoms with E-state index in [0.717, 1.165) is 70.2 Å². The number of carbonyl (C=O) groups is 1. The van der Waals surface area contributed by atoms with Gasteiger partial charge >= 0.3 is 0 Å². The lowest BCUT2D eigenvalue weighted by Crippen LogP contribution is -2.46. The summed E-state index contributed by atoms with van der Waals surface area (Å²) in [7, 11) is 0. The van der Waals surface area contributed by atoms with Gasteiger partial charge in [0.1, 0.15) is 0 Å². The van der Waals surface area contributed by atoms with Crippen molar-refractivity contribution < 1.29 is 14.1 Å². The molecule has 1 atom stereocenters. The summed E-state index contributed by atoms with van der Waals surface area (Å²) in [6, 6.07) is 0.321. The van der Waals surface area contributed by atoms with Gasteiger partial charge in [-0.3, -0.25) is 9.69 Å². The van der Waals surface area contributed by atoms with Crippen LogP contribution in [0.4, 0.5) is 0 Å². The number of hydrogen-bond acceptors (Lipinski definition) is 6. The van der Waals surface area contributed by atoms with Crippen molar-refractivity contribution in [2.45, 2.75) is 50.5 Å². The van der Waals surface area contributed by atoms with Gasteiger partial charge in [-0.15, -0.1) is 0 Å². The van der Waals surface area contributed by atoms with Crippen LogP contribution in [0.3, 0.4) is 0 Å². The molecule has 1 amide bonds. The van der Waals surface area contributed by atoms with Gasteiger partial charge in [0.05, 0.1) is 19.8 Å². The number of nitrogens with zero attached hydrogens (tertiary/aromatic N) is 4. The Labute approximate surface area is 142 Å². The number of aryl methyl sites for hydroxylation is 1. The third kappa shape index (κ3) is 3.78. The number of rotatable bonds is 6. The van der Waals surface area contributed by atoms with Crippen LogP contribution in [0, 0.1) is 0 Å². The second-order valence-corrected chi connectivity index (χ2v) is 7.13. The molecule has 0 N–H and O–H groups in total. The minimum Gasteiger partial charge on any atom is -0.379 e. The van der Waals surface area contributed by atoms with Gasteiger partial charge in [-0.2, -0.15) is 4.98 Å². The molecule has 1 saturated carbocycles. The summed E-state index contributed by atoms with van der Waals surface area (Å²) in [6.45, 7) is 4.59. The molecule has 132 valence electrons. The third-order valence-electron chi connectivity index (χ3n) is 5.27. The van der Waals surface area contributed by atoms with E-state index in [2.05, 4.69) is 19.9 Å². The van der Waals surface area contributed by atoms with Crippen molar-refractivity contribution >= 4 is 5.91 Å². The number of hydrogen-bond donors (Lipinski definition) is 0. The van der Waals surface area contributed by atoms with Crippen LogP contribution in [0.5, 0.6) is 0 Å². The molecule has 3 heterocycles. The number of morpholine rings is 1. The number of likely N-dealkylation sites (tertiary alicyclic amines) is 1. The van der Waals surface area contributed by atoms with Gasteiger partial charge in [-0.1, -0.05) is 5.16 Å². The van der Waals surface area contributed by atoms with Crippen LogP contribution >= 0.6 is 0 Å². The molecule has 3 aliphatic rings. The van der Waals surface area contributed by atoms with Crippen LogP contribution < -0.4 is 0 Å². The van der Waals surface area contributed by atoms with E-state index in [4.69, 9.17) is 9.26 Å². The standard InChI is InChI=1S/C17H26N4O3/c22-16(12-20-8-10-23-11-9-20)21-7-1-2-14(21)5-6-15-18-17(24-19-15)13-3-4-13/h13-14H,1-12H2. The van der Waals surface area contributed by atoms with E-state index in [1.54, 1.807) is 0 Å². The summed E-state index contributed by atoms with van der Waals surface area (Å²) >= 11 is 0. The quantitative estimate of drug-likeness (QED) is 0.778. The molecule has 0 radical (unpaired) electrons. The van der Waals surface area contributed by atoms with E-state index in [9.17, 15) is 4.79 Å².